The quantitative estimate of drug-likeness (QED) is 0.285. The van der Waals surface area contributed by atoms with Gasteiger partial charge in [0.25, 0.3) is 12.6 Å². The summed E-state index contributed by atoms with van der Waals surface area (Å²) in [6.45, 7) is 6.41. The number of ether oxygens (including phenoxy) is 3. The number of halogens is 1. The number of amides is 1. The van der Waals surface area contributed by atoms with Crippen molar-refractivity contribution >= 4 is 5.91 Å². The Balaban J connectivity index is 0.00000529. The Bertz CT molecular complexity index is 446. The molecule has 1 aromatic rings. The van der Waals surface area contributed by atoms with Crippen LogP contribution in [0.3, 0.4) is 0 Å². The third-order valence-electron chi connectivity index (χ3n) is 3.15. The van der Waals surface area contributed by atoms with Gasteiger partial charge in [0.2, 0.25) is 0 Å². The van der Waals surface area contributed by atoms with Crippen LogP contribution in [-0.4, -0.2) is 32.6 Å². The van der Waals surface area contributed by atoms with Crippen molar-refractivity contribution in [3.8, 4) is 0 Å². The second-order valence-electron chi connectivity index (χ2n) is 5.23. The van der Waals surface area contributed by atoms with Gasteiger partial charge in [0, 0.05) is 12.7 Å². The van der Waals surface area contributed by atoms with Crippen LogP contribution in [0.15, 0.2) is 24.5 Å². The molecule has 0 saturated heterocycles. The summed E-state index contributed by atoms with van der Waals surface area (Å²) in [5.41, 5.74) is 0.571. The van der Waals surface area contributed by atoms with Gasteiger partial charge in [-0.25, -0.2) is 0 Å². The predicted octanol–water partition coefficient (Wildman–Crippen LogP) is -0.770. The molecule has 0 aliphatic heterocycles. The summed E-state index contributed by atoms with van der Waals surface area (Å²) in [5.74, 6) is -0.179. The lowest BCUT2D eigenvalue weighted by Gasteiger charge is -2.07. The van der Waals surface area contributed by atoms with Crippen LogP contribution < -0.4 is 22.3 Å². The Labute approximate surface area is 150 Å². The van der Waals surface area contributed by atoms with E-state index in [0.29, 0.717) is 18.9 Å². The van der Waals surface area contributed by atoms with Crippen LogP contribution in [0.1, 0.15) is 49.9 Å². The normalized spacial score (nSPS) is 10.2. The number of nitrogens with zero attached hydrogens (tertiary/aromatic N) is 1. The van der Waals surface area contributed by atoms with Gasteiger partial charge < -0.3 is 31.9 Å². The minimum atomic E-state index is -0.179. The first kappa shape index (κ1) is 22.8. The van der Waals surface area contributed by atoms with Crippen molar-refractivity contribution in [2.24, 2.45) is 0 Å². The number of hydrogen-bond donors (Lipinski definition) is 1. The lowest BCUT2D eigenvalue weighted by Crippen LogP contribution is -3.00. The van der Waals surface area contributed by atoms with Crippen LogP contribution in [0.25, 0.3) is 0 Å². The minimum Gasteiger partial charge on any atom is -1.00 e. The molecular weight excluding hydrogens is 332 g/mol. The molecule has 0 aromatic carbocycles. The number of pyridine rings is 1. The summed E-state index contributed by atoms with van der Waals surface area (Å²) < 4.78 is 17.8. The van der Waals surface area contributed by atoms with Crippen molar-refractivity contribution in [3.05, 3.63) is 30.1 Å². The number of nitrogens with one attached hydrogen (secondary N) is 1. The number of rotatable bonds is 13. The van der Waals surface area contributed by atoms with Gasteiger partial charge in [-0.3, -0.25) is 4.79 Å². The molecule has 0 atom stereocenters. The molecule has 0 spiro atoms. The number of carbonyl (C=O) groups excluding carboxylic acids is 1. The Morgan fingerprint density at radius 1 is 1.12 bits per heavy atom. The smallest absolute Gasteiger partial charge is 0.259 e. The molecule has 0 aliphatic carbocycles. The molecule has 24 heavy (non-hydrogen) atoms. The standard InChI is InChI=1S/C17H28N2O4.ClH/c1-3-5-10-21-14-19-9-7-8-16(12-19)17(20)18-13-23-15-22-11-6-4-2;/h7-9,12H,3-6,10-11,13-15H2,1-2H3;1H. The zero-order valence-corrected chi connectivity index (χ0v) is 15.4. The molecule has 1 heterocycles. The lowest BCUT2D eigenvalue weighted by atomic mass is 10.3. The minimum absolute atomic E-state index is 0. The largest absolute Gasteiger partial charge is 1.00 e. The summed E-state index contributed by atoms with van der Waals surface area (Å²) in [7, 11) is 0. The average Bonchev–Trinajstić information content (AvgIpc) is 2.58. The predicted molar refractivity (Wildman–Crippen MR) is 86.6 cm³/mol. The Morgan fingerprint density at radius 2 is 1.83 bits per heavy atom. The average molecular weight is 361 g/mol. The fourth-order valence-electron chi connectivity index (χ4n) is 1.78. The summed E-state index contributed by atoms with van der Waals surface area (Å²) >= 11 is 0. The molecule has 0 bridgehead atoms. The SMILES string of the molecule is CCCCOCOCNC(=O)c1ccc[n+](COCCCC)c1.[Cl-]. The van der Waals surface area contributed by atoms with Crippen LogP contribution in [0, 0.1) is 0 Å². The van der Waals surface area contributed by atoms with Crippen LogP contribution in [0.2, 0.25) is 0 Å². The van der Waals surface area contributed by atoms with E-state index in [1.54, 1.807) is 12.3 Å². The first-order valence-corrected chi connectivity index (χ1v) is 8.28. The molecule has 138 valence electrons. The van der Waals surface area contributed by atoms with Crippen molar-refractivity contribution in [2.45, 2.75) is 46.3 Å². The van der Waals surface area contributed by atoms with E-state index >= 15 is 0 Å². The number of carbonyl (C=O) groups is 1. The first-order valence-electron chi connectivity index (χ1n) is 8.28. The molecule has 0 fully saturated rings. The molecule has 1 amide bonds. The number of hydrogen-bond acceptors (Lipinski definition) is 4. The van der Waals surface area contributed by atoms with Crippen molar-refractivity contribution < 1.29 is 36.0 Å². The number of unbranched alkanes of at least 4 members (excludes halogenated alkanes) is 2. The van der Waals surface area contributed by atoms with Crippen LogP contribution in [0.5, 0.6) is 0 Å². The van der Waals surface area contributed by atoms with Gasteiger partial charge >= 0.3 is 0 Å². The molecule has 0 aliphatic rings. The second kappa shape index (κ2) is 15.3. The highest BCUT2D eigenvalue weighted by Gasteiger charge is 2.10. The van der Waals surface area contributed by atoms with Gasteiger partial charge in [-0.2, -0.15) is 4.57 Å². The van der Waals surface area contributed by atoms with Crippen molar-refractivity contribution in [3.63, 3.8) is 0 Å². The van der Waals surface area contributed by atoms with Gasteiger partial charge in [-0.15, -0.1) is 0 Å². The molecule has 6 nitrogen and oxygen atoms in total. The second-order valence-corrected chi connectivity index (χ2v) is 5.23. The van der Waals surface area contributed by atoms with Crippen molar-refractivity contribution in [1.29, 1.82) is 0 Å². The van der Waals surface area contributed by atoms with Gasteiger partial charge in [0.05, 0.1) is 6.61 Å². The number of aromatic nitrogens is 1. The van der Waals surface area contributed by atoms with E-state index in [1.165, 1.54) is 0 Å². The molecule has 7 heteroatoms. The van der Waals surface area contributed by atoms with E-state index in [0.717, 1.165) is 32.3 Å². The van der Waals surface area contributed by atoms with E-state index in [1.807, 2.05) is 16.8 Å². The molecule has 0 radical (unpaired) electrons. The molecular formula is C17H29ClN2O4. The third kappa shape index (κ3) is 10.5. The summed E-state index contributed by atoms with van der Waals surface area (Å²) in [4.78, 5) is 12.0. The summed E-state index contributed by atoms with van der Waals surface area (Å²) in [5, 5.41) is 2.70. The Morgan fingerprint density at radius 3 is 2.54 bits per heavy atom. The Hall–Kier alpha value is -1.21. The van der Waals surface area contributed by atoms with E-state index in [4.69, 9.17) is 14.2 Å². The highest BCUT2D eigenvalue weighted by atomic mass is 35.5. The van der Waals surface area contributed by atoms with Crippen LogP contribution >= 0.6 is 0 Å². The maximum atomic E-state index is 12.0. The first-order chi connectivity index (χ1) is 11.3. The zero-order chi connectivity index (χ0) is 16.8. The van der Waals surface area contributed by atoms with Gasteiger partial charge in [0.15, 0.2) is 12.4 Å². The monoisotopic (exact) mass is 360 g/mol. The topological polar surface area (TPSA) is 60.7 Å². The maximum Gasteiger partial charge on any atom is 0.259 e. The zero-order valence-electron chi connectivity index (χ0n) is 14.6. The van der Waals surface area contributed by atoms with Crippen molar-refractivity contribution in [2.75, 3.05) is 26.7 Å². The maximum absolute atomic E-state index is 12.0. The van der Waals surface area contributed by atoms with Gasteiger partial charge in [-0.05, 0) is 18.9 Å². The fourth-order valence-corrected chi connectivity index (χ4v) is 1.78. The summed E-state index contributed by atoms with van der Waals surface area (Å²) in [6, 6.07) is 3.59. The highest BCUT2D eigenvalue weighted by Crippen LogP contribution is 1.95. The van der Waals surface area contributed by atoms with Crippen LogP contribution in [0.4, 0.5) is 0 Å². The van der Waals surface area contributed by atoms with Gasteiger partial charge in [-0.1, -0.05) is 26.7 Å². The van der Waals surface area contributed by atoms with E-state index in [2.05, 4.69) is 19.2 Å². The van der Waals surface area contributed by atoms with E-state index in [9.17, 15) is 4.79 Å². The van der Waals surface area contributed by atoms with Gasteiger partial charge in [0.1, 0.15) is 19.1 Å². The van der Waals surface area contributed by atoms with Crippen molar-refractivity contribution in [1.82, 2.24) is 5.32 Å². The van der Waals surface area contributed by atoms with Crippen LogP contribution in [-0.2, 0) is 20.9 Å². The molecule has 1 aromatic heterocycles. The molecule has 1 N–H and O–H groups in total. The van der Waals surface area contributed by atoms with E-state index in [-0.39, 0.29) is 31.8 Å². The summed E-state index contributed by atoms with van der Waals surface area (Å²) in [6.07, 6.45) is 7.89. The Kier molecular flexibility index (Phi) is 14.6. The molecule has 0 saturated carbocycles. The fraction of sp³-hybridized carbons (Fsp3) is 0.647. The highest BCUT2D eigenvalue weighted by molar-refractivity contribution is 5.93. The van der Waals surface area contributed by atoms with E-state index < -0.39 is 0 Å². The third-order valence-corrected chi connectivity index (χ3v) is 3.15. The molecule has 1 rings (SSSR count). The lowest BCUT2D eigenvalue weighted by molar-refractivity contribution is -0.732. The molecule has 0 unspecified atom stereocenters.